The van der Waals surface area contributed by atoms with Gasteiger partial charge in [-0.15, -0.1) is 0 Å². The third-order valence-corrected chi connectivity index (χ3v) is 5.02. The number of ether oxygens (including phenoxy) is 2. The summed E-state index contributed by atoms with van der Waals surface area (Å²) in [7, 11) is 1.54. The Hall–Kier alpha value is -3.12. The molecule has 156 valence electrons. The van der Waals surface area contributed by atoms with Crippen LogP contribution >= 0.6 is 11.6 Å². The number of carbonyl (C=O) groups is 3. The van der Waals surface area contributed by atoms with Crippen LogP contribution < -0.4 is 4.74 Å². The molecule has 1 unspecified atom stereocenters. The van der Waals surface area contributed by atoms with E-state index in [1.165, 1.54) is 6.08 Å². The predicted molar refractivity (Wildman–Crippen MR) is 113 cm³/mol. The number of nitrogens with zero attached hydrogens (tertiary/aromatic N) is 1. The number of benzene rings is 2. The second-order valence-corrected chi connectivity index (χ2v) is 7.23. The summed E-state index contributed by atoms with van der Waals surface area (Å²) in [6.45, 7) is 0.283. The molecule has 3 rings (SSSR count). The minimum atomic E-state index is -1.00. The molecule has 1 saturated heterocycles. The lowest BCUT2D eigenvalue weighted by Gasteiger charge is -2.22. The number of amides is 2. The molecule has 0 bridgehead atoms. The highest BCUT2D eigenvalue weighted by Crippen LogP contribution is 2.21. The van der Waals surface area contributed by atoms with Gasteiger partial charge in [0.2, 0.25) is 0 Å². The summed E-state index contributed by atoms with van der Waals surface area (Å²) < 4.78 is 10.6. The molecular formula is C23H22ClNO5. The molecule has 1 aliphatic heterocycles. The van der Waals surface area contributed by atoms with Crippen molar-refractivity contribution in [2.45, 2.75) is 25.4 Å². The maximum absolute atomic E-state index is 12.9. The highest BCUT2D eigenvalue weighted by atomic mass is 35.5. The van der Waals surface area contributed by atoms with Crippen molar-refractivity contribution in [1.82, 2.24) is 4.90 Å². The number of carbonyl (C=O) groups excluding carboxylic acids is 3. The van der Waals surface area contributed by atoms with Crippen molar-refractivity contribution in [3.05, 3.63) is 70.8 Å². The Kier molecular flexibility index (Phi) is 7.25. The summed E-state index contributed by atoms with van der Waals surface area (Å²) >= 11 is 5.87. The van der Waals surface area contributed by atoms with Crippen LogP contribution in [0.3, 0.4) is 0 Å². The number of rotatable bonds is 5. The number of halogens is 1. The normalized spacial score (nSPS) is 16.9. The molecule has 1 atom stereocenters. The number of likely N-dealkylation sites (tertiary alicyclic amines) is 1. The maximum atomic E-state index is 12.9. The van der Waals surface area contributed by atoms with Crippen LogP contribution in [0.4, 0.5) is 0 Å². The number of esters is 1. The molecule has 1 heterocycles. The number of imide groups is 1. The zero-order chi connectivity index (χ0) is 21.5. The van der Waals surface area contributed by atoms with Crippen molar-refractivity contribution >= 4 is 35.5 Å². The van der Waals surface area contributed by atoms with Crippen LogP contribution in [0.15, 0.2) is 54.6 Å². The average Bonchev–Trinajstić information content (AvgIpc) is 2.94. The fourth-order valence-electron chi connectivity index (χ4n) is 3.21. The first-order chi connectivity index (χ1) is 14.5. The van der Waals surface area contributed by atoms with Crippen LogP contribution in [0.5, 0.6) is 5.75 Å². The minimum absolute atomic E-state index is 0.283. The van der Waals surface area contributed by atoms with Crippen LogP contribution in [-0.2, 0) is 14.3 Å². The van der Waals surface area contributed by atoms with E-state index in [9.17, 15) is 14.4 Å². The topological polar surface area (TPSA) is 72.9 Å². The standard InChI is InChI=1S/C23H22ClNO5/c1-29-19-7-3-2-6-16(19)11-14-21(26)30-20-8-4-5-15-25(23(20)28)22(27)17-9-12-18(24)13-10-17/h2-3,6-7,9-14,20H,4-5,8,15H2,1H3/b14-11+. The lowest BCUT2D eigenvalue weighted by Crippen LogP contribution is -2.43. The third-order valence-electron chi connectivity index (χ3n) is 4.77. The van der Waals surface area contributed by atoms with Crippen molar-refractivity contribution < 1.29 is 23.9 Å². The summed E-state index contributed by atoms with van der Waals surface area (Å²) in [5, 5.41) is 0.502. The van der Waals surface area contributed by atoms with E-state index in [1.54, 1.807) is 49.6 Å². The van der Waals surface area contributed by atoms with Gasteiger partial charge in [-0.1, -0.05) is 29.8 Å². The summed E-state index contributed by atoms with van der Waals surface area (Å²) in [4.78, 5) is 39.1. The Labute approximate surface area is 180 Å². The van der Waals surface area contributed by atoms with Crippen molar-refractivity contribution in [3.8, 4) is 5.75 Å². The number of hydrogen-bond acceptors (Lipinski definition) is 5. The largest absolute Gasteiger partial charge is 0.496 e. The zero-order valence-corrected chi connectivity index (χ0v) is 17.3. The molecule has 0 saturated carbocycles. The maximum Gasteiger partial charge on any atom is 0.331 e. The van der Waals surface area contributed by atoms with Gasteiger partial charge in [-0.05, 0) is 55.7 Å². The van der Waals surface area contributed by atoms with Crippen LogP contribution in [0.2, 0.25) is 5.02 Å². The van der Waals surface area contributed by atoms with E-state index < -0.39 is 23.9 Å². The van der Waals surface area contributed by atoms with Gasteiger partial charge in [0.05, 0.1) is 7.11 Å². The number of hydrogen-bond donors (Lipinski definition) is 0. The lowest BCUT2D eigenvalue weighted by molar-refractivity contribution is -0.154. The second kappa shape index (κ2) is 10.1. The number of methoxy groups -OCH3 is 1. The zero-order valence-electron chi connectivity index (χ0n) is 16.5. The van der Waals surface area contributed by atoms with E-state index in [0.717, 1.165) is 4.90 Å². The third kappa shape index (κ3) is 5.27. The van der Waals surface area contributed by atoms with Crippen molar-refractivity contribution in [2.24, 2.45) is 0 Å². The minimum Gasteiger partial charge on any atom is -0.496 e. The van der Waals surface area contributed by atoms with E-state index in [0.29, 0.717) is 41.2 Å². The Morgan fingerprint density at radius 2 is 1.83 bits per heavy atom. The van der Waals surface area contributed by atoms with E-state index in [-0.39, 0.29) is 6.54 Å². The molecule has 30 heavy (non-hydrogen) atoms. The van der Waals surface area contributed by atoms with Crippen molar-refractivity contribution in [3.63, 3.8) is 0 Å². The lowest BCUT2D eigenvalue weighted by atomic mass is 10.1. The summed E-state index contributed by atoms with van der Waals surface area (Å²) in [5.41, 5.74) is 1.07. The second-order valence-electron chi connectivity index (χ2n) is 6.80. The molecule has 2 amide bonds. The van der Waals surface area contributed by atoms with Gasteiger partial charge in [0, 0.05) is 28.8 Å². The van der Waals surface area contributed by atoms with E-state index in [2.05, 4.69) is 0 Å². The molecule has 6 nitrogen and oxygen atoms in total. The van der Waals surface area contributed by atoms with Gasteiger partial charge in [-0.3, -0.25) is 14.5 Å². The smallest absolute Gasteiger partial charge is 0.331 e. The molecule has 1 aliphatic rings. The van der Waals surface area contributed by atoms with Gasteiger partial charge >= 0.3 is 5.97 Å². The molecular weight excluding hydrogens is 406 g/mol. The molecule has 0 radical (unpaired) electrons. The van der Waals surface area contributed by atoms with E-state index in [1.807, 2.05) is 12.1 Å². The average molecular weight is 428 g/mol. The van der Waals surface area contributed by atoms with Crippen LogP contribution in [0.1, 0.15) is 35.2 Å². The van der Waals surface area contributed by atoms with Gasteiger partial charge < -0.3 is 9.47 Å². The van der Waals surface area contributed by atoms with Crippen molar-refractivity contribution in [2.75, 3.05) is 13.7 Å². The Balaban J connectivity index is 1.69. The molecule has 0 spiro atoms. The van der Waals surface area contributed by atoms with Crippen LogP contribution in [0, 0.1) is 0 Å². The highest BCUT2D eigenvalue weighted by molar-refractivity contribution is 6.30. The first-order valence-corrected chi connectivity index (χ1v) is 10.0. The first-order valence-electron chi connectivity index (χ1n) is 9.62. The van der Waals surface area contributed by atoms with Gasteiger partial charge in [0.1, 0.15) is 5.75 Å². The quantitative estimate of drug-likeness (QED) is 0.407. The van der Waals surface area contributed by atoms with Crippen molar-refractivity contribution in [1.29, 1.82) is 0 Å². The summed E-state index contributed by atoms with van der Waals surface area (Å²) in [5.74, 6) is -0.970. The molecule has 0 N–H and O–H groups in total. The molecule has 2 aromatic rings. The molecule has 0 aliphatic carbocycles. The van der Waals surface area contributed by atoms with Gasteiger partial charge in [0.15, 0.2) is 6.10 Å². The molecule has 2 aromatic carbocycles. The fraction of sp³-hybridized carbons (Fsp3) is 0.261. The van der Waals surface area contributed by atoms with Gasteiger partial charge in [-0.2, -0.15) is 0 Å². The SMILES string of the molecule is COc1ccccc1/C=C/C(=O)OC1CCCCN(C(=O)c2ccc(Cl)cc2)C1=O. The first kappa shape index (κ1) is 21.6. The fourth-order valence-corrected chi connectivity index (χ4v) is 3.33. The summed E-state index contributed by atoms with van der Waals surface area (Å²) in [6, 6.07) is 13.5. The monoisotopic (exact) mass is 427 g/mol. The van der Waals surface area contributed by atoms with E-state index >= 15 is 0 Å². The number of para-hydroxylation sites is 1. The Morgan fingerprint density at radius 3 is 2.57 bits per heavy atom. The Bertz CT molecular complexity index is 954. The van der Waals surface area contributed by atoms with Crippen LogP contribution in [0.25, 0.3) is 6.08 Å². The van der Waals surface area contributed by atoms with E-state index in [4.69, 9.17) is 21.1 Å². The Morgan fingerprint density at radius 1 is 1.10 bits per heavy atom. The predicted octanol–water partition coefficient (Wildman–Crippen LogP) is 4.13. The van der Waals surface area contributed by atoms with Gasteiger partial charge in [-0.25, -0.2) is 4.79 Å². The highest BCUT2D eigenvalue weighted by Gasteiger charge is 2.33. The molecule has 1 fully saturated rings. The summed E-state index contributed by atoms with van der Waals surface area (Å²) in [6.07, 6.45) is 3.51. The van der Waals surface area contributed by atoms with Crippen LogP contribution in [-0.4, -0.2) is 42.4 Å². The molecule has 0 aromatic heterocycles. The molecule has 7 heteroatoms. The van der Waals surface area contributed by atoms with Gasteiger partial charge in [0.25, 0.3) is 11.8 Å².